The van der Waals surface area contributed by atoms with E-state index in [2.05, 4.69) is 0 Å². The zero-order valence-corrected chi connectivity index (χ0v) is 17.4. The fourth-order valence-corrected chi connectivity index (χ4v) is 5.59. The standard InChI is InChI=1S/C19H21ClN2O3S2/c1-2-21(14-17-9-10-18(20)26-17)19(23)11-6-15-4-7-16(8-5-15)22-12-3-13-27(22,24)25/h4-11H,2-3,12-14H2,1H3/b11-6+. The normalized spacial score (nSPS) is 16.1. The molecule has 144 valence electrons. The van der Waals surface area contributed by atoms with Gasteiger partial charge in [0.2, 0.25) is 15.9 Å². The lowest BCUT2D eigenvalue weighted by molar-refractivity contribution is -0.126. The maximum atomic E-state index is 12.4. The van der Waals surface area contributed by atoms with E-state index in [0.717, 1.165) is 10.4 Å². The lowest BCUT2D eigenvalue weighted by Gasteiger charge is -2.18. The van der Waals surface area contributed by atoms with Gasteiger partial charge in [0.25, 0.3) is 0 Å². The first-order valence-corrected chi connectivity index (χ1v) is 11.5. The van der Waals surface area contributed by atoms with Gasteiger partial charge in [-0.3, -0.25) is 9.10 Å². The summed E-state index contributed by atoms with van der Waals surface area (Å²) in [5.74, 6) is 0.124. The van der Waals surface area contributed by atoms with Crippen molar-refractivity contribution in [1.29, 1.82) is 0 Å². The Hall–Kier alpha value is -1.83. The maximum absolute atomic E-state index is 12.4. The maximum Gasteiger partial charge on any atom is 0.246 e. The van der Waals surface area contributed by atoms with E-state index in [-0.39, 0.29) is 11.7 Å². The van der Waals surface area contributed by atoms with Crippen molar-refractivity contribution in [2.45, 2.75) is 19.9 Å². The van der Waals surface area contributed by atoms with E-state index in [0.29, 0.717) is 36.1 Å². The molecule has 0 bridgehead atoms. The molecule has 1 saturated heterocycles. The number of anilines is 1. The molecule has 1 amide bonds. The smallest absolute Gasteiger partial charge is 0.246 e. The first-order chi connectivity index (χ1) is 12.9. The summed E-state index contributed by atoms with van der Waals surface area (Å²) in [5.41, 5.74) is 1.51. The number of carbonyl (C=O) groups excluding carboxylic acids is 1. The van der Waals surface area contributed by atoms with E-state index in [4.69, 9.17) is 11.6 Å². The fourth-order valence-electron chi connectivity index (χ4n) is 2.92. The highest BCUT2D eigenvalue weighted by Crippen LogP contribution is 2.25. The van der Waals surface area contributed by atoms with Gasteiger partial charge in [0.1, 0.15) is 0 Å². The number of benzene rings is 1. The lowest BCUT2D eigenvalue weighted by Crippen LogP contribution is -2.28. The van der Waals surface area contributed by atoms with E-state index in [1.54, 1.807) is 29.2 Å². The molecular weight excluding hydrogens is 404 g/mol. The molecule has 27 heavy (non-hydrogen) atoms. The van der Waals surface area contributed by atoms with Gasteiger partial charge < -0.3 is 4.90 Å². The van der Waals surface area contributed by atoms with Crippen LogP contribution in [0, 0.1) is 0 Å². The predicted octanol–water partition coefficient (Wildman–Crippen LogP) is 4.00. The first-order valence-electron chi connectivity index (χ1n) is 8.71. The molecule has 2 aromatic rings. The van der Waals surface area contributed by atoms with Crippen molar-refractivity contribution in [3.8, 4) is 0 Å². The van der Waals surface area contributed by atoms with Gasteiger partial charge in [-0.1, -0.05) is 23.7 Å². The number of hydrogen-bond donors (Lipinski definition) is 0. The van der Waals surface area contributed by atoms with Gasteiger partial charge in [-0.2, -0.15) is 0 Å². The molecule has 1 aliphatic rings. The second-order valence-electron chi connectivity index (χ2n) is 6.22. The molecular formula is C19H21ClN2O3S2. The van der Waals surface area contributed by atoms with Crippen molar-refractivity contribution >= 4 is 50.6 Å². The third-order valence-electron chi connectivity index (χ3n) is 4.37. The molecule has 1 aromatic heterocycles. The molecule has 0 aliphatic carbocycles. The predicted molar refractivity (Wildman–Crippen MR) is 112 cm³/mol. The van der Waals surface area contributed by atoms with Crippen LogP contribution in [-0.4, -0.2) is 38.1 Å². The Labute approximate surface area is 168 Å². The van der Waals surface area contributed by atoms with Crippen LogP contribution in [0.5, 0.6) is 0 Å². The zero-order chi connectivity index (χ0) is 19.4. The van der Waals surface area contributed by atoms with Gasteiger partial charge in [-0.05, 0) is 49.2 Å². The van der Waals surface area contributed by atoms with Gasteiger partial charge in [-0.25, -0.2) is 8.42 Å². The summed E-state index contributed by atoms with van der Waals surface area (Å²) >= 11 is 7.42. The number of carbonyl (C=O) groups is 1. The van der Waals surface area contributed by atoms with Crippen molar-refractivity contribution < 1.29 is 13.2 Å². The molecule has 0 unspecified atom stereocenters. The van der Waals surface area contributed by atoms with Crippen LogP contribution < -0.4 is 4.31 Å². The molecule has 8 heteroatoms. The first kappa shape index (κ1) is 19.9. The highest BCUT2D eigenvalue weighted by atomic mass is 35.5. The Kier molecular flexibility index (Phi) is 6.24. The van der Waals surface area contributed by atoms with Crippen molar-refractivity contribution in [2.24, 2.45) is 0 Å². The summed E-state index contributed by atoms with van der Waals surface area (Å²) in [6, 6.07) is 11.0. The Morgan fingerprint density at radius 3 is 2.56 bits per heavy atom. The lowest BCUT2D eigenvalue weighted by atomic mass is 10.2. The van der Waals surface area contributed by atoms with E-state index in [9.17, 15) is 13.2 Å². The Morgan fingerprint density at radius 1 is 1.26 bits per heavy atom. The quantitative estimate of drug-likeness (QED) is 0.658. The summed E-state index contributed by atoms with van der Waals surface area (Å²) in [7, 11) is -3.18. The molecule has 0 radical (unpaired) electrons. The molecule has 0 saturated carbocycles. The monoisotopic (exact) mass is 424 g/mol. The number of thiophene rings is 1. The minimum Gasteiger partial charge on any atom is -0.334 e. The molecule has 0 N–H and O–H groups in total. The van der Waals surface area contributed by atoms with Gasteiger partial charge in [0, 0.05) is 24.0 Å². The highest BCUT2D eigenvalue weighted by Gasteiger charge is 2.28. The number of amides is 1. The van der Waals surface area contributed by atoms with Crippen LogP contribution in [0.2, 0.25) is 4.34 Å². The number of nitrogens with zero attached hydrogens (tertiary/aromatic N) is 2. The van der Waals surface area contributed by atoms with Crippen molar-refractivity contribution in [3.63, 3.8) is 0 Å². The summed E-state index contributed by atoms with van der Waals surface area (Å²) in [6.45, 7) is 3.59. The minimum absolute atomic E-state index is 0.0757. The third-order valence-corrected chi connectivity index (χ3v) is 7.45. The number of rotatable bonds is 6. The summed E-state index contributed by atoms with van der Waals surface area (Å²) in [4.78, 5) is 15.2. The third kappa shape index (κ3) is 4.91. The summed E-state index contributed by atoms with van der Waals surface area (Å²) in [6.07, 6.45) is 3.94. The van der Waals surface area contributed by atoms with Gasteiger partial charge in [0.05, 0.1) is 22.3 Å². The van der Waals surface area contributed by atoms with Crippen LogP contribution in [0.15, 0.2) is 42.5 Å². The van der Waals surface area contributed by atoms with E-state index < -0.39 is 10.0 Å². The number of hydrogen-bond acceptors (Lipinski definition) is 4. The number of halogens is 1. The largest absolute Gasteiger partial charge is 0.334 e. The highest BCUT2D eigenvalue weighted by molar-refractivity contribution is 7.93. The molecule has 2 heterocycles. The molecule has 0 atom stereocenters. The minimum atomic E-state index is -3.18. The van der Waals surface area contributed by atoms with Crippen LogP contribution in [0.25, 0.3) is 6.08 Å². The number of sulfonamides is 1. The molecule has 5 nitrogen and oxygen atoms in total. The number of likely N-dealkylation sites (N-methyl/N-ethyl adjacent to an activating group) is 1. The van der Waals surface area contributed by atoms with Crippen molar-refractivity contribution in [2.75, 3.05) is 23.1 Å². The molecule has 0 spiro atoms. The second kappa shape index (κ2) is 8.46. The molecule has 1 fully saturated rings. The fraction of sp³-hybridized carbons (Fsp3) is 0.316. The summed E-state index contributed by atoms with van der Waals surface area (Å²) < 4.78 is 26.1. The summed E-state index contributed by atoms with van der Waals surface area (Å²) in [5, 5.41) is 0. The molecule has 3 rings (SSSR count). The average Bonchev–Trinajstić information content (AvgIpc) is 3.22. The molecule has 1 aliphatic heterocycles. The van der Waals surface area contributed by atoms with Gasteiger partial charge in [-0.15, -0.1) is 11.3 Å². The van der Waals surface area contributed by atoms with Crippen LogP contribution in [0.3, 0.4) is 0 Å². The Bertz CT molecular complexity index is 936. The van der Waals surface area contributed by atoms with Crippen LogP contribution in [0.4, 0.5) is 5.69 Å². The van der Waals surface area contributed by atoms with Gasteiger partial charge in [0.15, 0.2) is 0 Å². The Morgan fingerprint density at radius 2 is 2.00 bits per heavy atom. The topological polar surface area (TPSA) is 57.7 Å². The van der Waals surface area contributed by atoms with Crippen LogP contribution in [-0.2, 0) is 21.4 Å². The van der Waals surface area contributed by atoms with E-state index >= 15 is 0 Å². The average molecular weight is 425 g/mol. The molecule has 1 aromatic carbocycles. The van der Waals surface area contributed by atoms with E-state index in [1.165, 1.54) is 15.6 Å². The van der Waals surface area contributed by atoms with Crippen LogP contribution in [0.1, 0.15) is 23.8 Å². The van der Waals surface area contributed by atoms with Gasteiger partial charge >= 0.3 is 0 Å². The SMILES string of the molecule is CCN(Cc1ccc(Cl)s1)C(=O)/C=C/c1ccc(N2CCCS2(=O)=O)cc1. The van der Waals surface area contributed by atoms with Crippen molar-refractivity contribution in [1.82, 2.24) is 4.90 Å². The second-order valence-corrected chi connectivity index (χ2v) is 10.0. The van der Waals surface area contributed by atoms with E-state index in [1.807, 2.05) is 31.2 Å². The Balaban J connectivity index is 1.65. The zero-order valence-electron chi connectivity index (χ0n) is 15.0. The van der Waals surface area contributed by atoms with Crippen LogP contribution >= 0.6 is 22.9 Å². The van der Waals surface area contributed by atoms with Crippen molar-refractivity contribution in [3.05, 3.63) is 57.3 Å².